The molecule has 0 unspecified atom stereocenters. The number of benzene rings is 2. The second kappa shape index (κ2) is 12.9. The van der Waals surface area contributed by atoms with Gasteiger partial charge >= 0.3 is 18.2 Å². The maximum atomic E-state index is 14.2. The first-order valence-corrected chi connectivity index (χ1v) is 17.4. The van der Waals surface area contributed by atoms with Crippen molar-refractivity contribution in [1.82, 2.24) is 24.6 Å². The van der Waals surface area contributed by atoms with Crippen LogP contribution >= 0.6 is 0 Å². The number of pyridine rings is 2. The van der Waals surface area contributed by atoms with Crippen LogP contribution in [0.25, 0.3) is 44.0 Å². The molecule has 0 radical (unpaired) electrons. The van der Waals surface area contributed by atoms with Crippen molar-refractivity contribution in [2.75, 3.05) is 31.1 Å². The number of amides is 1. The lowest BCUT2D eigenvalue weighted by Crippen LogP contribution is -2.50. The Morgan fingerprint density at radius 2 is 1.38 bits per heavy atom. The monoisotopic (exact) mass is 710 g/mol. The van der Waals surface area contributed by atoms with Crippen molar-refractivity contribution in [3.8, 4) is 17.0 Å². The predicted octanol–water partition coefficient (Wildman–Crippen LogP) is 7.19. The highest BCUT2D eigenvalue weighted by atomic mass is 16.6. The van der Waals surface area contributed by atoms with E-state index in [0.717, 1.165) is 15.8 Å². The number of fused-ring (bicyclic) bond motifs is 5. The van der Waals surface area contributed by atoms with Gasteiger partial charge in [-0.1, -0.05) is 6.07 Å². The van der Waals surface area contributed by atoms with Gasteiger partial charge in [-0.25, -0.2) is 14.6 Å². The van der Waals surface area contributed by atoms with Crippen molar-refractivity contribution >= 4 is 56.6 Å². The summed E-state index contributed by atoms with van der Waals surface area (Å²) in [5, 5.41) is 6.76. The summed E-state index contributed by atoms with van der Waals surface area (Å²) in [4.78, 5) is 64.7. The highest BCUT2D eigenvalue weighted by Crippen LogP contribution is 2.37. The quantitative estimate of drug-likeness (QED) is 0.116. The fourth-order valence-electron chi connectivity index (χ4n) is 6.10. The average molecular weight is 711 g/mol. The van der Waals surface area contributed by atoms with Gasteiger partial charge < -0.3 is 29.0 Å². The first-order valence-electron chi connectivity index (χ1n) is 17.4. The van der Waals surface area contributed by atoms with Crippen LogP contribution in [0.1, 0.15) is 68.0 Å². The van der Waals surface area contributed by atoms with E-state index in [2.05, 4.69) is 15.0 Å². The Morgan fingerprint density at radius 1 is 0.769 bits per heavy atom. The molecule has 1 saturated heterocycles. The SMILES string of the molecule is Cc1nn(C(=O)OC(C)(C)C)c2nc(-c3ccc(OC(=O)C(C)(C)C)cc3)c3c(=O)[nH]c4cc(N5CCN(C(=O)OC(C)(C)C)CC5)ccc4c3c12. The third kappa shape index (κ3) is 7.30. The number of aromatic amines is 1. The van der Waals surface area contributed by atoms with E-state index in [1.807, 2.05) is 39.0 Å². The van der Waals surface area contributed by atoms with E-state index in [-0.39, 0.29) is 23.3 Å². The van der Waals surface area contributed by atoms with E-state index in [4.69, 9.17) is 19.2 Å². The van der Waals surface area contributed by atoms with Crippen molar-refractivity contribution in [3.05, 3.63) is 58.5 Å². The van der Waals surface area contributed by atoms with Crippen LogP contribution < -0.4 is 15.2 Å². The molecular weight excluding hydrogens is 664 g/mol. The van der Waals surface area contributed by atoms with E-state index in [0.29, 0.717) is 70.6 Å². The number of piperazine rings is 1. The van der Waals surface area contributed by atoms with Crippen molar-refractivity contribution in [3.63, 3.8) is 0 Å². The third-order valence-electron chi connectivity index (χ3n) is 8.55. The van der Waals surface area contributed by atoms with Gasteiger partial charge in [-0.05, 0) is 106 Å². The highest BCUT2D eigenvalue weighted by molar-refractivity contribution is 6.22. The number of hydrogen-bond donors (Lipinski definition) is 1. The number of carbonyl (C=O) groups is 3. The first kappa shape index (κ1) is 36.3. The van der Waals surface area contributed by atoms with Crippen LogP contribution in [0, 0.1) is 12.3 Å². The Kier molecular flexibility index (Phi) is 9.05. The van der Waals surface area contributed by atoms with Gasteiger partial charge in [0.15, 0.2) is 5.65 Å². The predicted molar refractivity (Wildman–Crippen MR) is 200 cm³/mol. The number of rotatable bonds is 3. The van der Waals surface area contributed by atoms with Crippen LogP contribution in [0.15, 0.2) is 47.3 Å². The lowest BCUT2D eigenvalue weighted by molar-refractivity contribution is -0.143. The summed E-state index contributed by atoms with van der Waals surface area (Å²) in [7, 11) is 0. The summed E-state index contributed by atoms with van der Waals surface area (Å²) in [6, 6.07) is 12.6. The lowest BCUT2D eigenvalue weighted by Gasteiger charge is -2.36. The highest BCUT2D eigenvalue weighted by Gasteiger charge is 2.29. The maximum Gasteiger partial charge on any atom is 0.437 e. The fourth-order valence-corrected chi connectivity index (χ4v) is 6.10. The topological polar surface area (TPSA) is 149 Å². The molecule has 0 atom stereocenters. The number of hydrogen-bond acceptors (Lipinski definition) is 10. The summed E-state index contributed by atoms with van der Waals surface area (Å²) >= 11 is 0. The molecule has 1 aliphatic heterocycles. The number of carbonyl (C=O) groups excluding carboxylic acids is 3. The Morgan fingerprint density at radius 3 is 1.98 bits per heavy atom. The summed E-state index contributed by atoms with van der Waals surface area (Å²) in [5.41, 5.74) is 0.697. The smallest absolute Gasteiger partial charge is 0.437 e. The van der Waals surface area contributed by atoms with Crippen LogP contribution in [-0.2, 0) is 14.3 Å². The molecule has 0 spiro atoms. The molecule has 6 rings (SSSR count). The number of nitrogens with zero attached hydrogens (tertiary/aromatic N) is 5. The summed E-state index contributed by atoms with van der Waals surface area (Å²) in [6.07, 6.45) is -1.03. The Hall–Kier alpha value is -5.46. The number of ether oxygens (including phenoxy) is 3. The second-order valence-corrected chi connectivity index (χ2v) is 16.2. The minimum Gasteiger partial charge on any atom is -0.444 e. The molecule has 52 heavy (non-hydrogen) atoms. The van der Waals surface area contributed by atoms with Crippen LogP contribution in [0.3, 0.4) is 0 Å². The van der Waals surface area contributed by atoms with E-state index in [9.17, 15) is 19.2 Å². The third-order valence-corrected chi connectivity index (χ3v) is 8.55. The Labute approximate surface area is 301 Å². The molecule has 1 aliphatic rings. The molecule has 13 nitrogen and oxygen atoms in total. The second-order valence-electron chi connectivity index (χ2n) is 16.2. The van der Waals surface area contributed by atoms with E-state index < -0.39 is 22.7 Å². The van der Waals surface area contributed by atoms with Gasteiger partial charge in [-0.15, -0.1) is 4.68 Å². The molecule has 1 fully saturated rings. The molecular formula is C39H46N6O7. The summed E-state index contributed by atoms with van der Waals surface area (Å²) in [6.45, 7) is 20.1. The van der Waals surface area contributed by atoms with Crippen LogP contribution in [0.5, 0.6) is 5.75 Å². The van der Waals surface area contributed by atoms with Gasteiger partial charge in [0.2, 0.25) is 0 Å². The van der Waals surface area contributed by atoms with Gasteiger partial charge in [0.25, 0.3) is 5.56 Å². The molecule has 2 aromatic carbocycles. The van der Waals surface area contributed by atoms with Crippen molar-refractivity contribution in [1.29, 1.82) is 0 Å². The average Bonchev–Trinajstić information content (AvgIpc) is 3.38. The largest absolute Gasteiger partial charge is 0.444 e. The zero-order valence-corrected chi connectivity index (χ0v) is 31.5. The van der Waals surface area contributed by atoms with Gasteiger partial charge in [0.05, 0.1) is 33.1 Å². The molecule has 5 aromatic rings. The number of anilines is 1. The summed E-state index contributed by atoms with van der Waals surface area (Å²) < 4.78 is 18.0. The molecule has 3 aromatic heterocycles. The molecule has 0 saturated carbocycles. The lowest BCUT2D eigenvalue weighted by atomic mass is 9.97. The van der Waals surface area contributed by atoms with Crippen molar-refractivity contribution in [2.45, 2.75) is 80.4 Å². The molecule has 0 bridgehead atoms. The van der Waals surface area contributed by atoms with Gasteiger partial charge in [-0.2, -0.15) is 5.10 Å². The number of H-pyrrole nitrogens is 1. The number of nitrogens with one attached hydrogen (secondary N) is 1. The maximum absolute atomic E-state index is 14.2. The molecule has 13 heteroatoms. The van der Waals surface area contributed by atoms with E-state index >= 15 is 0 Å². The molecule has 0 aliphatic carbocycles. The standard InChI is InChI=1S/C39H46N6O7/c1-22-28-29-26-16-13-24(43-17-19-44(20-18-43)35(48)51-38(5,6)7)21-27(26)40-33(46)30(29)31(41-32(28)45(42-22)36(49)52-39(8,9)10)23-11-14-25(15-12-23)50-34(47)37(2,3)4/h11-16,21H,17-20H2,1-10H3,(H,40,46). The zero-order chi connectivity index (χ0) is 37.9. The van der Waals surface area contributed by atoms with Gasteiger partial charge in [0, 0.05) is 48.2 Å². The van der Waals surface area contributed by atoms with Crippen LogP contribution in [0.2, 0.25) is 0 Å². The Bertz CT molecular complexity index is 2280. The van der Waals surface area contributed by atoms with E-state index in [1.54, 1.807) is 77.6 Å². The number of aromatic nitrogens is 4. The molecule has 1 N–H and O–H groups in total. The normalized spacial score (nSPS) is 14.3. The van der Waals surface area contributed by atoms with Gasteiger partial charge in [-0.3, -0.25) is 9.59 Å². The molecule has 1 amide bonds. The van der Waals surface area contributed by atoms with Crippen LogP contribution in [0.4, 0.5) is 15.3 Å². The minimum absolute atomic E-state index is 0.242. The van der Waals surface area contributed by atoms with E-state index in [1.165, 1.54) is 0 Å². The molecule has 4 heterocycles. The minimum atomic E-state index is -0.790. The number of aryl methyl sites for hydroxylation is 1. The molecule has 274 valence electrons. The zero-order valence-electron chi connectivity index (χ0n) is 31.5. The van der Waals surface area contributed by atoms with Crippen molar-refractivity contribution in [2.24, 2.45) is 5.41 Å². The summed E-state index contributed by atoms with van der Waals surface area (Å²) in [5.74, 6) is -0.0308. The Balaban J connectivity index is 1.48. The number of esters is 1. The van der Waals surface area contributed by atoms with Gasteiger partial charge in [0.1, 0.15) is 17.0 Å². The van der Waals surface area contributed by atoms with Crippen LogP contribution in [-0.4, -0.2) is 80.2 Å². The van der Waals surface area contributed by atoms with Crippen molar-refractivity contribution < 1.29 is 28.6 Å². The first-order chi connectivity index (χ1) is 24.2. The fraction of sp³-hybridized carbons (Fsp3) is 0.436.